The van der Waals surface area contributed by atoms with Gasteiger partial charge in [0.1, 0.15) is 17.5 Å². The highest BCUT2D eigenvalue weighted by molar-refractivity contribution is 6.62. The predicted octanol–water partition coefficient (Wildman–Crippen LogP) is 1.79. The maximum Gasteiger partial charge on any atom is 0.495 e. The lowest BCUT2D eigenvalue weighted by atomic mass is 9.75. The molecule has 0 aliphatic carbocycles. The Morgan fingerprint density at radius 3 is 2.23 bits per heavy atom. The van der Waals surface area contributed by atoms with Crippen LogP contribution in [-0.2, 0) is 9.31 Å². The standard InChI is InChI=1S/C18H22BN5O2/c1-10-8-11(14-12(9-20)15(21)24-16(22)23-14)6-7-13(10)19-25-17(2,3)18(4,5)26-19/h6-8H,1-5H3,(H4,21,22,23,24). The van der Waals surface area contributed by atoms with Crippen LogP contribution < -0.4 is 16.9 Å². The van der Waals surface area contributed by atoms with Gasteiger partial charge in [0.15, 0.2) is 0 Å². The Balaban J connectivity index is 2.02. The summed E-state index contributed by atoms with van der Waals surface area (Å²) in [6, 6.07) is 7.74. The van der Waals surface area contributed by atoms with E-state index in [1.165, 1.54) is 0 Å². The molecule has 3 rings (SSSR count). The van der Waals surface area contributed by atoms with Gasteiger partial charge in [0.25, 0.3) is 0 Å². The molecule has 1 aliphatic rings. The number of hydrogen-bond donors (Lipinski definition) is 2. The van der Waals surface area contributed by atoms with E-state index < -0.39 is 18.3 Å². The molecule has 0 bridgehead atoms. The molecule has 1 saturated heterocycles. The first-order valence-corrected chi connectivity index (χ1v) is 8.35. The van der Waals surface area contributed by atoms with Crippen LogP contribution in [0.2, 0.25) is 0 Å². The second-order valence-corrected chi connectivity index (χ2v) is 7.46. The number of rotatable bonds is 2. The Bertz CT molecular complexity index is 905. The van der Waals surface area contributed by atoms with Crippen molar-refractivity contribution in [3.63, 3.8) is 0 Å². The van der Waals surface area contributed by atoms with Gasteiger partial charge in [0.2, 0.25) is 5.95 Å². The molecule has 1 aromatic carbocycles. The molecule has 2 aromatic rings. The maximum absolute atomic E-state index is 9.37. The fraction of sp³-hybridized carbons (Fsp3) is 0.389. The van der Waals surface area contributed by atoms with Crippen molar-refractivity contribution < 1.29 is 9.31 Å². The van der Waals surface area contributed by atoms with Gasteiger partial charge in [-0.2, -0.15) is 10.2 Å². The van der Waals surface area contributed by atoms with Gasteiger partial charge < -0.3 is 20.8 Å². The van der Waals surface area contributed by atoms with E-state index in [0.717, 1.165) is 16.6 Å². The van der Waals surface area contributed by atoms with Crippen LogP contribution in [0.15, 0.2) is 18.2 Å². The number of anilines is 2. The second kappa shape index (κ2) is 5.97. The highest BCUT2D eigenvalue weighted by atomic mass is 16.7. The van der Waals surface area contributed by atoms with Crippen molar-refractivity contribution in [3.8, 4) is 17.3 Å². The van der Waals surface area contributed by atoms with Crippen LogP contribution >= 0.6 is 0 Å². The van der Waals surface area contributed by atoms with E-state index in [0.29, 0.717) is 5.69 Å². The number of nitrogens with two attached hydrogens (primary N) is 2. The molecule has 2 heterocycles. The fourth-order valence-corrected chi connectivity index (χ4v) is 2.87. The van der Waals surface area contributed by atoms with Gasteiger partial charge in [0, 0.05) is 5.56 Å². The summed E-state index contributed by atoms with van der Waals surface area (Å²) in [5, 5.41) is 9.37. The molecule has 26 heavy (non-hydrogen) atoms. The van der Waals surface area contributed by atoms with E-state index in [9.17, 15) is 5.26 Å². The molecule has 134 valence electrons. The lowest BCUT2D eigenvalue weighted by Crippen LogP contribution is -2.41. The summed E-state index contributed by atoms with van der Waals surface area (Å²) in [7, 11) is -0.454. The summed E-state index contributed by atoms with van der Waals surface area (Å²) >= 11 is 0. The first kappa shape index (κ1) is 18.2. The third-order valence-corrected chi connectivity index (χ3v) is 5.12. The topological polar surface area (TPSA) is 120 Å². The van der Waals surface area contributed by atoms with Crippen molar-refractivity contribution in [1.29, 1.82) is 5.26 Å². The lowest BCUT2D eigenvalue weighted by molar-refractivity contribution is 0.00578. The minimum Gasteiger partial charge on any atom is -0.399 e. The Morgan fingerprint density at radius 2 is 1.69 bits per heavy atom. The summed E-state index contributed by atoms with van der Waals surface area (Å²) < 4.78 is 12.2. The van der Waals surface area contributed by atoms with Crippen molar-refractivity contribution in [3.05, 3.63) is 29.3 Å². The molecular weight excluding hydrogens is 329 g/mol. The van der Waals surface area contributed by atoms with Crippen LogP contribution in [0.25, 0.3) is 11.3 Å². The summed E-state index contributed by atoms with van der Waals surface area (Å²) in [4.78, 5) is 8.04. The van der Waals surface area contributed by atoms with E-state index in [4.69, 9.17) is 20.8 Å². The third-order valence-electron chi connectivity index (χ3n) is 5.12. The van der Waals surface area contributed by atoms with Gasteiger partial charge in [-0.3, -0.25) is 0 Å². The summed E-state index contributed by atoms with van der Waals surface area (Å²) in [5.74, 6) is 0.104. The van der Waals surface area contributed by atoms with E-state index in [1.54, 1.807) is 0 Å². The van der Waals surface area contributed by atoms with Crippen molar-refractivity contribution in [2.45, 2.75) is 45.8 Å². The van der Waals surface area contributed by atoms with Crippen molar-refractivity contribution in [2.75, 3.05) is 11.5 Å². The number of aromatic nitrogens is 2. The molecule has 0 radical (unpaired) electrons. The Morgan fingerprint density at radius 1 is 1.08 bits per heavy atom. The van der Waals surface area contributed by atoms with E-state index in [2.05, 4.69) is 9.97 Å². The van der Waals surface area contributed by atoms with Gasteiger partial charge in [-0.05, 0) is 40.1 Å². The third kappa shape index (κ3) is 2.89. The Hall–Kier alpha value is -2.63. The molecule has 0 atom stereocenters. The molecule has 1 aromatic heterocycles. The van der Waals surface area contributed by atoms with Crippen LogP contribution in [0.1, 0.15) is 38.8 Å². The first-order chi connectivity index (χ1) is 12.1. The zero-order valence-electron chi connectivity index (χ0n) is 15.6. The van der Waals surface area contributed by atoms with Crippen LogP contribution in [0.4, 0.5) is 11.8 Å². The smallest absolute Gasteiger partial charge is 0.399 e. The van der Waals surface area contributed by atoms with Gasteiger partial charge in [-0.1, -0.05) is 23.8 Å². The predicted molar refractivity (Wildman–Crippen MR) is 101 cm³/mol. The summed E-state index contributed by atoms with van der Waals surface area (Å²) in [6.07, 6.45) is 0. The normalized spacial score (nSPS) is 17.9. The van der Waals surface area contributed by atoms with Gasteiger partial charge in [-0.25, -0.2) is 4.98 Å². The van der Waals surface area contributed by atoms with Crippen LogP contribution in [0.3, 0.4) is 0 Å². The van der Waals surface area contributed by atoms with Crippen molar-refractivity contribution >= 4 is 24.3 Å². The quantitative estimate of drug-likeness (QED) is 0.791. The number of nitrogens with zero attached hydrogens (tertiary/aromatic N) is 3. The van der Waals surface area contributed by atoms with Crippen LogP contribution in [0, 0.1) is 18.3 Å². The molecule has 0 unspecified atom stereocenters. The summed E-state index contributed by atoms with van der Waals surface area (Å²) in [6.45, 7) is 10.0. The molecule has 1 fully saturated rings. The fourth-order valence-electron chi connectivity index (χ4n) is 2.87. The average molecular weight is 351 g/mol. The van der Waals surface area contributed by atoms with Crippen molar-refractivity contribution in [2.24, 2.45) is 0 Å². The summed E-state index contributed by atoms with van der Waals surface area (Å²) in [5.41, 5.74) is 13.9. The molecule has 0 saturated carbocycles. The first-order valence-electron chi connectivity index (χ1n) is 8.35. The minimum atomic E-state index is -0.454. The highest BCUT2D eigenvalue weighted by Gasteiger charge is 2.52. The van der Waals surface area contributed by atoms with Gasteiger partial charge in [-0.15, -0.1) is 0 Å². The number of nitrogen functional groups attached to an aromatic ring is 2. The molecule has 8 heteroatoms. The number of nitriles is 1. The zero-order chi connectivity index (χ0) is 19.3. The number of hydrogen-bond acceptors (Lipinski definition) is 7. The molecule has 0 amide bonds. The molecule has 1 aliphatic heterocycles. The highest BCUT2D eigenvalue weighted by Crippen LogP contribution is 2.37. The maximum atomic E-state index is 9.37. The largest absolute Gasteiger partial charge is 0.495 e. The lowest BCUT2D eigenvalue weighted by Gasteiger charge is -2.32. The number of aryl methyl sites for hydroxylation is 1. The monoisotopic (exact) mass is 351 g/mol. The Kier molecular flexibility index (Phi) is 4.17. The molecule has 0 spiro atoms. The van der Waals surface area contributed by atoms with E-state index in [1.807, 2.05) is 58.9 Å². The van der Waals surface area contributed by atoms with E-state index >= 15 is 0 Å². The SMILES string of the molecule is Cc1cc(-c2nc(N)nc(N)c2C#N)ccc1B1OC(C)(C)C(C)(C)O1. The number of benzene rings is 1. The van der Waals surface area contributed by atoms with Crippen LogP contribution in [-0.4, -0.2) is 28.3 Å². The van der Waals surface area contributed by atoms with Gasteiger partial charge >= 0.3 is 7.12 Å². The van der Waals surface area contributed by atoms with Gasteiger partial charge in [0.05, 0.1) is 16.9 Å². The average Bonchev–Trinajstić information content (AvgIpc) is 2.74. The second-order valence-electron chi connectivity index (χ2n) is 7.46. The molecular formula is C18H22BN5O2. The zero-order valence-corrected chi connectivity index (χ0v) is 15.6. The Labute approximate surface area is 153 Å². The molecule has 4 N–H and O–H groups in total. The van der Waals surface area contributed by atoms with E-state index in [-0.39, 0.29) is 17.3 Å². The minimum absolute atomic E-state index is 0.0317. The molecule has 7 nitrogen and oxygen atoms in total. The van der Waals surface area contributed by atoms with Crippen molar-refractivity contribution in [1.82, 2.24) is 9.97 Å². The van der Waals surface area contributed by atoms with Crippen LogP contribution in [0.5, 0.6) is 0 Å².